The van der Waals surface area contributed by atoms with Gasteiger partial charge in [-0.3, -0.25) is 9.36 Å². The topological polar surface area (TPSA) is 63.6 Å². The van der Waals surface area contributed by atoms with E-state index in [4.69, 9.17) is 0 Å². The number of allylic oxidation sites excluding steroid dienone is 2. The zero-order chi connectivity index (χ0) is 18.7. The van der Waals surface area contributed by atoms with Crippen molar-refractivity contribution in [2.24, 2.45) is 0 Å². The number of H-pyrrole nitrogens is 1. The van der Waals surface area contributed by atoms with Crippen LogP contribution in [0.15, 0.2) is 71.5 Å². The fourth-order valence-electron chi connectivity index (χ4n) is 1.79. The predicted molar refractivity (Wildman–Crippen MR) is 108 cm³/mol. The van der Waals surface area contributed by atoms with Gasteiger partial charge in [-0.05, 0) is 34.8 Å². The number of rotatable bonds is 3. The van der Waals surface area contributed by atoms with Crippen molar-refractivity contribution in [3.63, 3.8) is 0 Å². The molecule has 0 bridgehead atoms. The maximum atomic E-state index is 12.2. The Morgan fingerprint density at radius 2 is 1.88 bits per heavy atom. The molecule has 2 aromatic heterocycles. The summed E-state index contributed by atoms with van der Waals surface area (Å²) in [6.45, 7) is 11.3. The van der Waals surface area contributed by atoms with Crippen molar-refractivity contribution >= 4 is 27.1 Å². The van der Waals surface area contributed by atoms with Gasteiger partial charge >= 0.3 is 0 Å². The van der Waals surface area contributed by atoms with Crippen molar-refractivity contribution in [2.45, 2.75) is 26.8 Å². The van der Waals surface area contributed by atoms with Gasteiger partial charge in [-0.2, -0.15) is 0 Å². The van der Waals surface area contributed by atoms with Crippen LogP contribution in [0.3, 0.4) is 0 Å². The molecular formula is C19H23BrN4O. The number of aromatic nitrogens is 4. The van der Waals surface area contributed by atoms with Gasteiger partial charge in [0, 0.05) is 0 Å². The number of aromatic amines is 1. The summed E-state index contributed by atoms with van der Waals surface area (Å²) in [5.41, 5.74) is 1.78. The average molecular weight is 403 g/mol. The third kappa shape index (κ3) is 6.51. The Kier molecular flexibility index (Phi) is 9.17. The number of halogens is 1. The molecule has 6 heteroatoms. The van der Waals surface area contributed by atoms with Gasteiger partial charge in [0.05, 0.1) is 6.54 Å². The highest BCUT2D eigenvalue weighted by Gasteiger charge is 2.08. The quantitative estimate of drug-likeness (QED) is 0.509. The second kappa shape index (κ2) is 11.1. The van der Waals surface area contributed by atoms with Crippen LogP contribution in [0, 0.1) is 0 Å². The van der Waals surface area contributed by atoms with Gasteiger partial charge < -0.3 is 4.98 Å². The zero-order valence-electron chi connectivity index (χ0n) is 14.6. The summed E-state index contributed by atoms with van der Waals surface area (Å²) < 4.78 is 2.07. The Bertz CT molecular complexity index is 853. The molecule has 0 aliphatic rings. The van der Waals surface area contributed by atoms with Crippen LogP contribution in [0.25, 0.3) is 11.2 Å². The van der Waals surface area contributed by atoms with Crippen molar-refractivity contribution in [3.8, 4) is 0 Å². The third-order valence-electron chi connectivity index (χ3n) is 2.93. The molecular weight excluding hydrogens is 380 g/mol. The molecule has 0 radical (unpaired) electrons. The minimum Gasteiger partial charge on any atom is -0.327 e. The second-order valence-corrected chi connectivity index (χ2v) is 5.75. The minimum atomic E-state index is -0.123. The van der Waals surface area contributed by atoms with E-state index >= 15 is 0 Å². The average Bonchev–Trinajstić information content (AvgIpc) is 3.01. The molecule has 0 spiro atoms. The van der Waals surface area contributed by atoms with Gasteiger partial charge in [0.1, 0.15) is 6.33 Å². The van der Waals surface area contributed by atoms with Crippen molar-refractivity contribution < 1.29 is 0 Å². The summed E-state index contributed by atoms with van der Waals surface area (Å²) in [6.07, 6.45) is 6.23. The normalized spacial score (nSPS) is 9.40. The van der Waals surface area contributed by atoms with E-state index in [1.165, 1.54) is 6.33 Å². The Morgan fingerprint density at radius 3 is 2.44 bits per heavy atom. The van der Waals surface area contributed by atoms with E-state index in [1.807, 2.05) is 43.3 Å². The molecule has 0 atom stereocenters. The lowest BCUT2D eigenvalue weighted by molar-refractivity contribution is 0.746. The molecule has 5 nitrogen and oxygen atoms in total. The standard InChI is InChI=1S/C12H9BrN4O.C4H8.C3H6/c13-12-15-9-10(16-12)14-7-17(11(9)18)6-8-4-2-1-3-5-8;1-3-4-2;1-3-2/h1-5,7H,6H2,(H,15,16);3H,1,4H2,2H3;3H,1H2,2H3. The number of hydrogen-bond acceptors (Lipinski definition) is 3. The smallest absolute Gasteiger partial charge is 0.279 e. The predicted octanol–water partition coefficient (Wildman–Crippen LogP) is 4.71. The van der Waals surface area contributed by atoms with Gasteiger partial charge in [0.25, 0.3) is 5.56 Å². The number of nitrogens with zero attached hydrogens (tertiary/aromatic N) is 3. The Labute approximate surface area is 156 Å². The maximum Gasteiger partial charge on any atom is 0.279 e. The highest BCUT2D eigenvalue weighted by Crippen LogP contribution is 2.09. The first kappa shape index (κ1) is 20.6. The van der Waals surface area contributed by atoms with Crippen LogP contribution in [0.1, 0.15) is 25.8 Å². The van der Waals surface area contributed by atoms with Crippen molar-refractivity contribution in [3.05, 3.63) is 82.6 Å². The summed E-state index contributed by atoms with van der Waals surface area (Å²) >= 11 is 3.20. The van der Waals surface area contributed by atoms with Crippen molar-refractivity contribution in [1.29, 1.82) is 0 Å². The molecule has 132 valence electrons. The van der Waals surface area contributed by atoms with E-state index in [9.17, 15) is 4.79 Å². The molecule has 0 fully saturated rings. The Hall–Kier alpha value is -2.47. The lowest BCUT2D eigenvalue weighted by atomic mass is 10.2. The molecule has 0 aliphatic heterocycles. The van der Waals surface area contributed by atoms with Gasteiger partial charge in [0.15, 0.2) is 15.9 Å². The van der Waals surface area contributed by atoms with Gasteiger partial charge in [-0.15, -0.1) is 13.2 Å². The molecule has 3 rings (SSSR count). The van der Waals surface area contributed by atoms with Crippen LogP contribution >= 0.6 is 15.9 Å². The first-order valence-electron chi connectivity index (χ1n) is 7.89. The number of imidazole rings is 1. The van der Waals surface area contributed by atoms with Crippen LogP contribution < -0.4 is 5.56 Å². The van der Waals surface area contributed by atoms with Crippen LogP contribution in [0.5, 0.6) is 0 Å². The van der Waals surface area contributed by atoms with Gasteiger partial charge in [-0.1, -0.05) is 49.4 Å². The van der Waals surface area contributed by atoms with Crippen LogP contribution in [-0.2, 0) is 6.54 Å². The van der Waals surface area contributed by atoms with Gasteiger partial charge in [0.2, 0.25) is 0 Å². The molecule has 1 N–H and O–H groups in total. The summed E-state index contributed by atoms with van der Waals surface area (Å²) in [6, 6.07) is 9.77. The molecule has 0 saturated carbocycles. The highest BCUT2D eigenvalue weighted by atomic mass is 79.9. The largest absolute Gasteiger partial charge is 0.327 e. The number of hydrogen-bond donors (Lipinski definition) is 1. The second-order valence-electron chi connectivity index (χ2n) is 4.99. The Balaban J connectivity index is 0.000000386. The SMILES string of the molecule is C=CC.C=CCC.O=c1c2[nH]c(Br)nc2ncn1Cc1ccccc1. The minimum absolute atomic E-state index is 0.123. The summed E-state index contributed by atoms with van der Waals surface area (Å²) in [4.78, 5) is 23.2. The van der Waals surface area contributed by atoms with E-state index in [-0.39, 0.29) is 5.56 Å². The number of fused-ring (bicyclic) bond motifs is 1. The van der Waals surface area contributed by atoms with Crippen LogP contribution in [-0.4, -0.2) is 19.5 Å². The van der Waals surface area contributed by atoms with E-state index in [2.05, 4.69) is 51.0 Å². The molecule has 3 aromatic rings. The molecule has 2 heterocycles. The molecule has 0 aliphatic carbocycles. The number of benzene rings is 1. The lowest BCUT2D eigenvalue weighted by Crippen LogP contribution is -2.21. The first-order valence-corrected chi connectivity index (χ1v) is 8.69. The fraction of sp³-hybridized carbons (Fsp3) is 0.211. The van der Waals surface area contributed by atoms with Crippen LogP contribution in [0.2, 0.25) is 0 Å². The molecule has 0 saturated heterocycles. The molecule has 0 amide bonds. The Morgan fingerprint density at radius 1 is 1.28 bits per heavy atom. The molecule has 1 aromatic carbocycles. The van der Waals surface area contributed by atoms with E-state index in [0.29, 0.717) is 22.4 Å². The summed E-state index contributed by atoms with van der Waals surface area (Å²) in [7, 11) is 0. The lowest BCUT2D eigenvalue weighted by Gasteiger charge is -2.04. The maximum absolute atomic E-state index is 12.2. The summed E-state index contributed by atoms with van der Waals surface area (Å²) in [5, 5.41) is 0. The highest BCUT2D eigenvalue weighted by molar-refractivity contribution is 9.10. The van der Waals surface area contributed by atoms with Crippen molar-refractivity contribution in [2.75, 3.05) is 0 Å². The zero-order valence-corrected chi connectivity index (χ0v) is 16.2. The van der Waals surface area contributed by atoms with E-state index in [1.54, 1.807) is 10.6 Å². The van der Waals surface area contributed by atoms with Crippen molar-refractivity contribution in [1.82, 2.24) is 19.5 Å². The van der Waals surface area contributed by atoms with Gasteiger partial charge in [-0.25, -0.2) is 9.97 Å². The molecule has 25 heavy (non-hydrogen) atoms. The summed E-state index contributed by atoms with van der Waals surface area (Å²) in [5.74, 6) is 0. The van der Waals surface area contributed by atoms with Crippen LogP contribution in [0.4, 0.5) is 0 Å². The fourth-order valence-corrected chi connectivity index (χ4v) is 2.16. The monoisotopic (exact) mass is 402 g/mol. The first-order chi connectivity index (χ1) is 12.1. The number of nitrogens with one attached hydrogen (secondary N) is 1. The van der Waals surface area contributed by atoms with E-state index in [0.717, 1.165) is 12.0 Å². The van der Waals surface area contributed by atoms with E-state index < -0.39 is 0 Å². The third-order valence-corrected chi connectivity index (χ3v) is 3.31. The molecule has 0 unspecified atom stereocenters.